The Balaban J connectivity index is 1.81. The van der Waals surface area contributed by atoms with Crippen LogP contribution in [0.4, 0.5) is 0 Å². The fourth-order valence-corrected chi connectivity index (χ4v) is 3.58. The van der Waals surface area contributed by atoms with E-state index >= 15 is 0 Å². The Kier molecular flexibility index (Phi) is 7.77. The third-order valence-corrected chi connectivity index (χ3v) is 5.60. The molecule has 3 heteroatoms. The van der Waals surface area contributed by atoms with Crippen LogP contribution < -0.4 is 0 Å². The summed E-state index contributed by atoms with van der Waals surface area (Å²) in [5, 5.41) is -0.107. The van der Waals surface area contributed by atoms with Crippen molar-refractivity contribution in [3.05, 3.63) is 72.9 Å². The van der Waals surface area contributed by atoms with Crippen molar-refractivity contribution >= 4 is 17.7 Å². The minimum absolute atomic E-state index is 0.0224. The van der Waals surface area contributed by atoms with Crippen molar-refractivity contribution in [3.63, 3.8) is 0 Å². The first kappa shape index (κ1) is 20.6. The summed E-state index contributed by atoms with van der Waals surface area (Å²) in [5.74, 6) is -0.120. The normalized spacial score (nSPS) is 21.0. The number of carbonyl (C=O) groups excluding carboxylic acids is 1. The van der Waals surface area contributed by atoms with Crippen LogP contribution in [0.1, 0.15) is 33.1 Å². The lowest BCUT2D eigenvalue weighted by atomic mass is 9.74. The molecule has 140 valence electrons. The highest BCUT2D eigenvalue weighted by Gasteiger charge is 2.26. The number of hydrogen-bond donors (Lipinski definition) is 0. The average molecular weight is 371 g/mol. The number of thioether (sulfide) groups is 1. The van der Waals surface area contributed by atoms with Crippen LogP contribution in [0, 0.1) is 10.8 Å². The number of ether oxygens (including phenoxy) is 1. The first-order valence-electron chi connectivity index (χ1n) is 9.31. The quantitative estimate of drug-likeness (QED) is 0.398. The zero-order valence-corrected chi connectivity index (χ0v) is 16.9. The summed E-state index contributed by atoms with van der Waals surface area (Å²) in [6.07, 6.45) is 31.2. The molecule has 0 aromatic rings. The van der Waals surface area contributed by atoms with Crippen molar-refractivity contribution in [2.45, 2.75) is 38.4 Å². The molecular weight excluding hydrogens is 340 g/mol. The smallest absolute Gasteiger partial charge is 0.319 e. The molecule has 1 atom stereocenters. The molecule has 2 aliphatic carbocycles. The molecule has 0 aromatic carbocycles. The molecule has 2 rings (SSSR count). The predicted octanol–water partition coefficient (Wildman–Crippen LogP) is 5.81. The summed E-state index contributed by atoms with van der Waals surface area (Å²) in [5.41, 5.74) is -0.0591. The number of esters is 1. The number of hydrogen-bond acceptors (Lipinski definition) is 3. The molecule has 0 amide bonds. The van der Waals surface area contributed by atoms with Crippen molar-refractivity contribution in [2.75, 3.05) is 12.9 Å². The van der Waals surface area contributed by atoms with Gasteiger partial charge in [0.15, 0.2) is 0 Å². The molecule has 0 heterocycles. The Labute approximate surface area is 162 Å². The second-order valence-corrected chi connectivity index (χ2v) is 7.94. The highest BCUT2D eigenvalue weighted by atomic mass is 32.2. The van der Waals surface area contributed by atoms with Crippen LogP contribution in [-0.4, -0.2) is 24.1 Å². The molecule has 1 spiro atoms. The third-order valence-electron chi connectivity index (χ3n) is 4.65. The van der Waals surface area contributed by atoms with Gasteiger partial charge >= 0.3 is 5.97 Å². The molecule has 0 bridgehead atoms. The van der Waals surface area contributed by atoms with Crippen LogP contribution >= 0.6 is 11.8 Å². The zero-order chi connectivity index (χ0) is 18.9. The molecule has 2 aliphatic rings. The van der Waals surface area contributed by atoms with Crippen LogP contribution in [0.3, 0.4) is 0 Å². The third kappa shape index (κ3) is 5.91. The monoisotopic (exact) mass is 370 g/mol. The Morgan fingerprint density at radius 1 is 1.12 bits per heavy atom. The second-order valence-electron chi connectivity index (χ2n) is 6.89. The SMILES string of the molecule is CCOC(=O)C(C/C=C/C/C=C\C1(C)C=CC2(C=CCC=C2)C=C1)SC. The van der Waals surface area contributed by atoms with Crippen molar-refractivity contribution < 1.29 is 9.53 Å². The van der Waals surface area contributed by atoms with E-state index in [-0.39, 0.29) is 22.0 Å². The lowest BCUT2D eigenvalue weighted by Crippen LogP contribution is -2.19. The van der Waals surface area contributed by atoms with Gasteiger partial charge in [-0.05, 0) is 39.4 Å². The van der Waals surface area contributed by atoms with Gasteiger partial charge in [-0.3, -0.25) is 4.79 Å². The van der Waals surface area contributed by atoms with Gasteiger partial charge in [0.05, 0.1) is 6.61 Å². The van der Waals surface area contributed by atoms with Gasteiger partial charge in [0, 0.05) is 10.8 Å². The minimum atomic E-state index is -0.120. The van der Waals surface area contributed by atoms with Gasteiger partial charge in [0.1, 0.15) is 5.25 Å². The molecule has 0 aliphatic heterocycles. The van der Waals surface area contributed by atoms with Crippen molar-refractivity contribution in [3.8, 4) is 0 Å². The molecule has 0 N–H and O–H groups in total. The lowest BCUT2D eigenvalue weighted by molar-refractivity contribution is -0.142. The Bertz CT molecular complexity index is 621. The van der Waals surface area contributed by atoms with Gasteiger partial charge in [-0.2, -0.15) is 0 Å². The lowest BCUT2D eigenvalue weighted by Gasteiger charge is -2.30. The molecule has 26 heavy (non-hydrogen) atoms. The summed E-state index contributed by atoms with van der Waals surface area (Å²) in [7, 11) is 0. The summed E-state index contributed by atoms with van der Waals surface area (Å²) >= 11 is 1.54. The van der Waals surface area contributed by atoms with Gasteiger partial charge in [-0.25, -0.2) is 0 Å². The van der Waals surface area contributed by atoms with E-state index in [1.807, 2.05) is 13.2 Å². The average Bonchev–Trinajstić information content (AvgIpc) is 2.65. The van der Waals surface area contributed by atoms with E-state index in [0.717, 1.165) is 12.8 Å². The Hall–Kier alpha value is -1.74. The van der Waals surface area contributed by atoms with E-state index in [1.165, 1.54) is 0 Å². The van der Waals surface area contributed by atoms with Gasteiger partial charge in [-0.15, -0.1) is 11.8 Å². The first-order chi connectivity index (χ1) is 12.5. The number of carbonyl (C=O) groups is 1. The van der Waals surface area contributed by atoms with Gasteiger partial charge in [-0.1, -0.05) is 72.9 Å². The summed E-state index contributed by atoms with van der Waals surface area (Å²) in [6, 6.07) is 0. The number of allylic oxidation sites excluding steroid dienone is 12. The highest BCUT2D eigenvalue weighted by Crippen LogP contribution is 2.38. The van der Waals surface area contributed by atoms with E-state index in [1.54, 1.807) is 11.8 Å². The van der Waals surface area contributed by atoms with Crippen molar-refractivity contribution in [1.82, 2.24) is 0 Å². The molecule has 0 fully saturated rings. The van der Waals surface area contributed by atoms with E-state index < -0.39 is 0 Å². The standard InChI is InChI=1S/C23H30O2S/c1-4-25-21(24)20(26-3)12-8-5-6-9-13-22(2)16-18-23(19-17-22)14-10-7-11-15-23/h5,8-11,13-20H,4,6-7,12H2,1-3H3/b8-5+,13-9-. The molecule has 0 aromatic heterocycles. The molecule has 2 nitrogen and oxygen atoms in total. The van der Waals surface area contributed by atoms with Crippen LogP contribution in [0.15, 0.2) is 72.9 Å². The van der Waals surface area contributed by atoms with Crippen molar-refractivity contribution in [2.24, 2.45) is 10.8 Å². The maximum atomic E-state index is 11.8. The van der Waals surface area contributed by atoms with Crippen LogP contribution in [0.2, 0.25) is 0 Å². The van der Waals surface area contributed by atoms with E-state index in [0.29, 0.717) is 13.0 Å². The summed E-state index contributed by atoms with van der Waals surface area (Å²) in [6.45, 7) is 4.50. The maximum Gasteiger partial charge on any atom is 0.319 e. The van der Waals surface area contributed by atoms with Gasteiger partial charge in [0.25, 0.3) is 0 Å². The molecule has 1 unspecified atom stereocenters. The minimum Gasteiger partial charge on any atom is -0.465 e. The predicted molar refractivity (Wildman–Crippen MR) is 113 cm³/mol. The molecule has 0 saturated heterocycles. The van der Waals surface area contributed by atoms with Gasteiger partial charge < -0.3 is 4.74 Å². The van der Waals surface area contributed by atoms with Crippen LogP contribution in [-0.2, 0) is 9.53 Å². The maximum absolute atomic E-state index is 11.8. The van der Waals surface area contributed by atoms with Crippen LogP contribution in [0.5, 0.6) is 0 Å². The Morgan fingerprint density at radius 3 is 2.42 bits per heavy atom. The van der Waals surface area contributed by atoms with E-state index in [2.05, 4.69) is 79.8 Å². The topological polar surface area (TPSA) is 26.3 Å². The molecular formula is C23H30O2S. The zero-order valence-electron chi connectivity index (χ0n) is 16.1. The molecule has 0 saturated carbocycles. The van der Waals surface area contributed by atoms with Gasteiger partial charge in [0.2, 0.25) is 0 Å². The first-order valence-corrected chi connectivity index (χ1v) is 10.6. The van der Waals surface area contributed by atoms with Crippen molar-refractivity contribution in [1.29, 1.82) is 0 Å². The van der Waals surface area contributed by atoms with E-state index in [4.69, 9.17) is 4.74 Å². The summed E-state index contributed by atoms with van der Waals surface area (Å²) < 4.78 is 5.08. The largest absolute Gasteiger partial charge is 0.465 e. The fraction of sp³-hybridized carbons (Fsp3) is 0.435. The summed E-state index contributed by atoms with van der Waals surface area (Å²) in [4.78, 5) is 11.8. The Morgan fingerprint density at radius 2 is 1.81 bits per heavy atom. The second kappa shape index (κ2) is 9.82. The number of rotatable bonds is 8. The highest BCUT2D eigenvalue weighted by molar-refractivity contribution is 7.99. The fourth-order valence-electron chi connectivity index (χ4n) is 3.01. The molecule has 0 radical (unpaired) electrons. The van der Waals surface area contributed by atoms with Crippen LogP contribution in [0.25, 0.3) is 0 Å². The van der Waals surface area contributed by atoms with E-state index in [9.17, 15) is 4.79 Å².